The lowest BCUT2D eigenvalue weighted by Gasteiger charge is -2.06. The summed E-state index contributed by atoms with van der Waals surface area (Å²) in [7, 11) is 1.62. The predicted octanol–water partition coefficient (Wildman–Crippen LogP) is 1.61. The molecule has 1 saturated carbocycles. The number of rotatable bonds is 3. The Balaban J connectivity index is 2.12. The van der Waals surface area contributed by atoms with E-state index in [2.05, 4.69) is 22.2 Å². The lowest BCUT2D eigenvalue weighted by molar-refractivity contribution is 0.396. The number of aryl methyl sites for hydroxylation is 1. The molecule has 0 spiro atoms. The first-order valence-corrected chi connectivity index (χ1v) is 4.85. The van der Waals surface area contributed by atoms with Gasteiger partial charge in [0.25, 0.3) is 0 Å². The second-order valence-electron chi connectivity index (χ2n) is 3.81. The molecule has 0 amide bonds. The minimum absolute atomic E-state index is 0.578. The van der Waals surface area contributed by atoms with Gasteiger partial charge in [-0.25, -0.2) is 4.98 Å². The summed E-state index contributed by atoms with van der Waals surface area (Å²) in [5.74, 6) is 2.98. The first-order valence-electron chi connectivity index (χ1n) is 4.85. The molecule has 0 bridgehead atoms. The number of methoxy groups -OCH3 is 1. The quantitative estimate of drug-likeness (QED) is 0.792. The van der Waals surface area contributed by atoms with E-state index in [9.17, 15) is 0 Å². The molecule has 0 aromatic carbocycles. The highest BCUT2D eigenvalue weighted by Gasteiger charge is 2.32. The van der Waals surface area contributed by atoms with Crippen molar-refractivity contribution in [2.24, 2.45) is 5.92 Å². The largest absolute Gasteiger partial charge is 0.481 e. The van der Waals surface area contributed by atoms with Gasteiger partial charge in [0.2, 0.25) is 5.88 Å². The van der Waals surface area contributed by atoms with E-state index in [-0.39, 0.29) is 0 Å². The molecular formula is C10H15N3O. The molecular weight excluding hydrogens is 178 g/mol. The van der Waals surface area contributed by atoms with Crippen molar-refractivity contribution in [1.82, 2.24) is 9.97 Å². The summed E-state index contributed by atoms with van der Waals surface area (Å²) in [5.41, 5.74) is 0. The van der Waals surface area contributed by atoms with Crippen molar-refractivity contribution in [3.05, 3.63) is 11.9 Å². The normalized spacial score (nSPS) is 24.5. The monoisotopic (exact) mass is 193 g/mol. The third-order valence-electron chi connectivity index (χ3n) is 2.47. The van der Waals surface area contributed by atoms with E-state index >= 15 is 0 Å². The topological polar surface area (TPSA) is 47.0 Å². The lowest BCUT2D eigenvalue weighted by Crippen LogP contribution is -2.07. The molecule has 76 valence electrons. The summed E-state index contributed by atoms with van der Waals surface area (Å²) in [6.45, 7) is 4.09. The average molecular weight is 193 g/mol. The Morgan fingerprint density at radius 1 is 1.50 bits per heavy atom. The van der Waals surface area contributed by atoms with Gasteiger partial charge in [0.05, 0.1) is 7.11 Å². The fraction of sp³-hybridized carbons (Fsp3) is 0.600. The fourth-order valence-electron chi connectivity index (χ4n) is 1.43. The molecule has 2 unspecified atom stereocenters. The molecule has 1 heterocycles. The molecule has 4 heteroatoms. The Morgan fingerprint density at radius 2 is 2.21 bits per heavy atom. The lowest BCUT2D eigenvalue weighted by atomic mass is 10.4. The summed E-state index contributed by atoms with van der Waals surface area (Å²) in [4.78, 5) is 8.42. The van der Waals surface area contributed by atoms with E-state index in [0.717, 1.165) is 17.6 Å². The van der Waals surface area contributed by atoms with Crippen molar-refractivity contribution in [2.75, 3.05) is 12.4 Å². The zero-order chi connectivity index (χ0) is 10.1. The molecule has 2 rings (SSSR count). The van der Waals surface area contributed by atoms with Gasteiger partial charge in [-0.15, -0.1) is 0 Å². The molecule has 0 radical (unpaired) electrons. The molecule has 14 heavy (non-hydrogen) atoms. The van der Waals surface area contributed by atoms with Crippen LogP contribution in [0.15, 0.2) is 6.07 Å². The fourth-order valence-corrected chi connectivity index (χ4v) is 1.43. The van der Waals surface area contributed by atoms with Crippen molar-refractivity contribution in [1.29, 1.82) is 0 Å². The first kappa shape index (κ1) is 9.24. The van der Waals surface area contributed by atoms with Gasteiger partial charge in [0, 0.05) is 12.1 Å². The molecule has 1 aromatic rings. The number of anilines is 1. The Morgan fingerprint density at radius 3 is 2.79 bits per heavy atom. The van der Waals surface area contributed by atoms with Gasteiger partial charge in [-0.2, -0.15) is 4.98 Å². The molecule has 0 saturated heterocycles. The Labute approximate surface area is 83.7 Å². The van der Waals surface area contributed by atoms with Crippen LogP contribution >= 0.6 is 0 Å². The molecule has 1 aliphatic carbocycles. The minimum Gasteiger partial charge on any atom is -0.481 e. The van der Waals surface area contributed by atoms with E-state index < -0.39 is 0 Å². The van der Waals surface area contributed by atoms with E-state index in [4.69, 9.17) is 4.74 Å². The van der Waals surface area contributed by atoms with Gasteiger partial charge < -0.3 is 10.1 Å². The van der Waals surface area contributed by atoms with Gasteiger partial charge in [-0.1, -0.05) is 6.92 Å². The van der Waals surface area contributed by atoms with Crippen LogP contribution in [0.3, 0.4) is 0 Å². The summed E-state index contributed by atoms with van der Waals surface area (Å²) in [6.07, 6.45) is 1.23. The highest BCUT2D eigenvalue weighted by atomic mass is 16.5. The van der Waals surface area contributed by atoms with Crippen LogP contribution in [0.4, 0.5) is 5.82 Å². The maximum Gasteiger partial charge on any atom is 0.218 e. The van der Waals surface area contributed by atoms with Crippen LogP contribution in [0.2, 0.25) is 0 Å². The number of hydrogen-bond donors (Lipinski definition) is 1. The Hall–Kier alpha value is -1.32. The third-order valence-corrected chi connectivity index (χ3v) is 2.47. The van der Waals surface area contributed by atoms with Crippen molar-refractivity contribution in [2.45, 2.75) is 26.3 Å². The number of hydrogen-bond acceptors (Lipinski definition) is 4. The molecule has 1 fully saturated rings. The van der Waals surface area contributed by atoms with Gasteiger partial charge in [0.15, 0.2) is 0 Å². The smallest absolute Gasteiger partial charge is 0.218 e. The molecule has 1 aromatic heterocycles. The summed E-state index contributed by atoms with van der Waals surface area (Å²) >= 11 is 0. The second-order valence-corrected chi connectivity index (χ2v) is 3.81. The number of aromatic nitrogens is 2. The molecule has 2 atom stereocenters. The summed E-state index contributed by atoms with van der Waals surface area (Å²) in [5, 5.41) is 3.35. The van der Waals surface area contributed by atoms with Crippen molar-refractivity contribution < 1.29 is 4.74 Å². The highest BCUT2D eigenvalue weighted by Crippen LogP contribution is 2.32. The van der Waals surface area contributed by atoms with E-state index in [1.54, 1.807) is 7.11 Å². The molecule has 1 aliphatic rings. The standard InChI is InChI=1S/C10H15N3O/c1-6-4-8(6)13-9-5-10(14-3)12-7(2)11-9/h5-6,8H,4H2,1-3H3,(H,11,12,13). The SMILES string of the molecule is COc1cc(NC2CC2C)nc(C)n1. The zero-order valence-corrected chi connectivity index (χ0v) is 8.74. The maximum atomic E-state index is 5.07. The van der Waals surface area contributed by atoms with Crippen LogP contribution in [0.1, 0.15) is 19.2 Å². The molecule has 4 nitrogen and oxygen atoms in total. The summed E-state index contributed by atoms with van der Waals surface area (Å²) in [6, 6.07) is 2.41. The molecule has 1 N–H and O–H groups in total. The minimum atomic E-state index is 0.578. The van der Waals surface area contributed by atoms with Crippen LogP contribution < -0.4 is 10.1 Å². The number of nitrogens with one attached hydrogen (secondary N) is 1. The number of ether oxygens (including phenoxy) is 1. The van der Waals surface area contributed by atoms with Gasteiger partial charge in [-0.3, -0.25) is 0 Å². The van der Waals surface area contributed by atoms with E-state index in [0.29, 0.717) is 11.9 Å². The van der Waals surface area contributed by atoms with Crippen molar-refractivity contribution in [3.8, 4) is 5.88 Å². The van der Waals surface area contributed by atoms with Crippen molar-refractivity contribution >= 4 is 5.82 Å². The van der Waals surface area contributed by atoms with Gasteiger partial charge in [-0.05, 0) is 19.3 Å². The first-order chi connectivity index (χ1) is 6.69. The van der Waals surface area contributed by atoms with E-state index in [1.807, 2.05) is 13.0 Å². The van der Waals surface area contributed by atoms with Crippen molar-refractivity contribution in [3.63, 3.8) is 0 Å². The van der Waals surface area contributed by atoms with Crippen LogP contribution in [0.25, 0.3) is 0 Å². The maximum absolute atomic E-state index is 5.07. The third kappa shape index (κ3) is 1.95. The average Bonchev–Trinajstić information content (AvgIpc) is 2.80. The summed E-state index contributed by atoms with van der Waals surface area (Å²) < 4.78 is 5.07. The highest BCUT2D eigenvalue weighted by molar-refractivity contribution is 5.40. The number of nitrogens with zero attached hydrogens (tertiary/aromatic N) is 2. The Bertz CT molecular complexity index is 340. The predicted molar refractivity (Wildman–Crippen MR) is 54.5 cm³/mol. The van der Waals surface area contributed by atoms with Crippen LogP contribution in [0.5, 0.6) is 5.88 Å². The van der Waals surface area contributed by atoms with E-state index in [1.165, 1.54) is 6.42 Å². The zero-order valence-electron chi connectivity index (χ0n) is 8.74. The Kier molecular flexibility index (Phi) is 2.27. The van der Waals surface area contributed by atoms with Crippen LogP contribution in [-0.2, 0) is 0 Å². The van der Waals surface area contributed by atoms with Crippen LogP contribution in [-0.4, -0.2) is 23.1 Å². The second kappa shape index (κ2) is 3.44. The van der Waals surface area contributed by atoms with Gasteiger partial charge in [0.1, 0.15) is 11.6 Å². The van der Waals surface area contributed by atoms with Gasteiger partial charge >= 0.3 is 0 Å². The van der Waals surface area contributed by atoms with Crippen LogP contribution in [0, 0.1) is 12.8 Å². The molecule has 0 aliphatic heterocycles.